The van der Waals surface area contributed by atoms with Gasteiger partial charge in [0.15, 0.2) is 10.0 Å². The average Bonchev–Trinajstić information content (AvgIpc) is 3.16. The molecule has 2 aromatic rings. The number of carbonyl (C=O) groups excluding carboxylic acids is 1. The quantitative estimate of drug-likeness (QED) is 0.642. The Morgan fingerprint density at radius 3 is 3.07 bits per heavy atom. The first-order valence-corrected chi connectivity index (χ1v) is 11.2. The molecule has 1 aromatic heterocycles. The van der Waals surface area contributed by atoms with Gasteiger partial charge in [-0.1, -0.05) is 41.0 Å². The van der Waals surface area contributed by atoms with E-state index in [1.54, 1.807) is 11.4 Å². The van der Waals surface area contributed by atoms with Crippen LogP contribution in [-0.4, -0.2) is 53.9 Å². The molecule has 0 bridgehead atoms. The number of halogens is 2. The van der Waals surface area contributed by atoms with Gasteiger partial charge in [0, 0.05) is 31.6 Å². The van der Waals surface area contributed by atoms with Gasteiger partial charge in [0.1, 0.15) is 6.07 Å². The van der Waals surface area contributed by atoms with Crippen LogP contribution in [0.4, 0.5) is 0 Å². The van der Waals surface area contributed by atoms with Crippen molar-refractivity contribution in [3.8, 4) is 6.07 Å². The van der Waals surface area contributed by atoms with Crippen LogP contribution in [0.1, 0.15) is 11.3 Å². The number of carbonyl (C=O) groups is 1. The second-order valence-corrected chi connectivity index (χ2v) is 9.07. The number of thiazole rings is 1. The van der Waals surface area contributed by atoms with Crippen molar-refractivity contribution < 1.29 is 9.53 Å². The summed E-state index contributed by atoms with van der Waals surface area (Å²) in [5.74, 6) is 0.182. The van der Waals surface area contributed by atoms with Crippen LogP contribution in [0, 0.1) is 11.3 Å². The van der Waals surface area contributed by atoms with Crippen molar-refractivity contribution in [2.24, 2.45) is 0 Å². The molecular weight excluding hydrogens is 439 g/mol. The Morgan fingerprint density at radius 2 is 2.32 bits per heavy atom. The molecule has 0 radical (unpaired) electrons. The summed E-state index contributed by atoms with van der Waals surface area (Å²) in [5.41, 5.74) is 1.47. The highest BCUT2D eigenvalue weighted by Gasteiger charge is 2.21. The maximum Gasteiger partial charge on any atom is 0.230 e. The molecule has 10 heteroatoms. The summed E-state index contributed by atoms with van der Waals surface area (Å²) < 4.78 is 6.48. The number of nitrogens with zero attached hydrogens (tertiary/aromatic N) is 3. The zero-order valence-corrected chi connectivity index (χ0v) is 18.0. The van der Waals surface area contributed by atoms with Gasteiger partial charge >= 0.3 is 0 Å². The Hall–Kier alpha value is -1.34. The summed E-state index contributed by atoms with van der Waals surface area (Å²) in [4.78, 5) is 18.4. The van der Waals surface area contributed by atoms with E-state index in [-0.39, 0.29) is 17.8 Å². The molecule has 3 rings (SSSR count). The Balaban J connectivity index is 1.41. The smallest absolute Gasteiger partial charge is 0.230 e. The lowest BCUT2D eigenvalue weighted by Gasteiger charge is -2.33. The Morgan fingerprint density at radius 1 is 1.46 bits per heavy atom. The first-order valence-electron chi connectivity index (χ1n) is 8.56. The number of benzene rings is 1. The molecule has 1 saturated heterocycles. The van der Waals surface area contributed by atoms with E-state index in [1.165, 1.54) is 23.1 Å². The zero-order valence-electron chi connectivity index (χ0n) is 14.9. The minimum Gasteiger partial charge on any atom is -0.374 e. The number of hydrogen-bond acceptors (Lipinski definition) is 7. The van der Waals surface area contributed by atoms with E-state index in [0.717, 1.165) is 25.2 Å². The molecule has 1 amide bonds. The van der Waals surface area contributed by atoms with Crippen molar-refractivity contribution in [3.05, 3.63) is 44.9 Å². The Labute approximate surface area is 181 Å². The molecule has 28 heavy (non-hydrogen) atoms. The van der Waals surface area contributed by atoms with Crippen molar-refractivity contribution in [2.75, 3.05) is 32.0 Å². The number of rotatable bonds is 7. The third-order valence-corrected chi connectivity index (χ3v) is 6.82. The van der Waals surface area contributed by atoms with Crippen LogP contribution in [-0.2, 0) is 16.1 Å². The lowest BCUT2D eigenvalue weighted by atomic mass is 10.2. The van der Waals surface area contributed by atoms with Crippen molar-refractivity contribution in [1.29, 1.82) is 5.26 Å². The average molecular weight is 457 g/mol. The molecule has 2 heterocycles. The predicted molar refractivity (Wildman–Crippen MR) is 112 cm³/mol. The molecule has 1 N–H and O–H groups in total. The summed E-state index contributed by atoms with van der Waals surface area (Å²) in [6.07, 6.45) is -0.0597. The normalized spacial score (nSPS) is 17.2. The molecule has 0 unspecified atom stereocenters. The number of morpholine rings is 1. The molecule has 1 fully saturated rings. The molecule has 0 saturated carbocycles. The van der Waals surface area contributed by atoms with Gasteiger partial charge in [0.05, 0.1) is 28.5 Å². The highest BCUT2D eigenvalue weighted by Crippen LogP contribution is 2.24. The first-order chi connectivity index (χ1) is 13.5. The maximum atomic E-state index is 12.1. The van der Waals surface area contributed by atoms with Crippen LogP contribution in [0.3, 0.4) is 0 Å². The van der Waals surface area contributed by atoms with Gasteiger partial charge in [-0.15, -0.1) is 11.3 Å². The Kier molecular flexibility index (Phi) is 7.97. The third-order valence-electron chi connectivity index (χ3n) is 4.06. The maximum absolute atomic E-state index is 12.1. The number of nitriles is 1. The van der Waals surface area contributed by atoms with Gasteiger partial charge in [0.2, 0.25) is 5.91 Å². The number of thioether (sulfide) groups is 1. The monoisotopic (exact) mass is 456 g/mol. The summed E-state index contributed by atoms with van der Waals surface area (Å²) in [5, 5.41) is 14.5. The van der Waals surface area contributed by atoms with Gasteiger partial charge in [-0.05, 0) is 17.7 Å². The van der Waals surface area contributed by atoms with E-state index in [1.807, 2.05) is 18.2 Å². The molecule has 1 aromatic carbocycles. The molecular formula is C18H18Cl2N4O2S2. The van der Waals surface area contributed by atoms with Crippen LogP contribution in [0.15, 0.2) is 27.9 Å². The van der Waals surface area contributed by atoms with Crippen LogP contribution < -0.4 is 5.32 Å². The SMILES string of the molecule is N#Cc1csc(SCC(=O)NC[C@H]2CN(Cc3ccc(Cl)c(Cl)c3)CCO2)n1. The van der Waals surface area contributed by atoms with E-state index in [4.69, 9.17) is 33.2 Å². The highest BCUT2D eigenvalue weighted by molar-refractivity contribution is 8.01. The lowest BCUT2D eigenvalue weighted by Crippen LogP contribution is -2.47. The van der Waals surface area contributed by atoms with Crippen molar-refractivity contribution in [3.63, 3.8) is 0 Å². The molecule has 0 aliphatic carbocycles. The van der Waals surface area contributed by atoms with Crippen molar-refractivity contribution in [1.82, 2.24) is 15.2 Å². The molecule has 1 aliphatic rings. The fourth-order valence-electron chi connectivity index (χ4n) is 2.72. The van der Waals surface area contributed by atoms with Gasteiger partial charge in [-0.25, -0.2) is 4.98 Å². The predicted octanol–water partition coefficient (Wildman–Crippen LogP) is 3.43. The lowest BCUT2D eigenvalue weighted by molar-refractivity contribution is -0.119. The number of aromatic nitrogens is 1. The van der Waals surface area contributed by atoms with E-state index >= 15 is 0 Å². The molecule has 1 atom stereocenters. The van der Waals surface area contributed by atoms with E-state index in [2.05, 4.69) is 15.2 Å². The fraction of sp³-hybridized carbons (Fsp3) is 0.389. The first kappa shape index (κ1) is 21.4. The van der Waals surface area contributed by atoms with Crippen LogP contribution in [0.25, 0.3) is 0 Å². The Bertz CT molecular complexity index is 872. The largest absolute Gasteiger partial charge is 0.374 e. The van der Waals surface area contributed by atoms with E-state index in [0.29, 0.717) is 33.2 Å². The molecule has 148 valence electrons. The van der Waals surface area contributed by atoms with E-state index in [9.17, 15) is 4.79 Å². The van der Waals surface area contributed by atoms with Crippen LogP contribution >= 0.6 is 46.3 Å². The topological polar surface area (TPSA) is 78.2 Å². The van der Waals surface area contributed by atoms with Crippen molar-refractivity contribution >= 4 is 52.2 Å². The number of amides is 1. The number of ether oxygens (including phenoxy) is 1. The summed E-state index contributed by atoms with van der Waals surface area (Å²) in [6.45, 7) is 3.38. The van der Waals surface area contributed by atoms with Gasteiger partial charge in [-0.2, -0.15) is 5.26 Å². The standard InChI is InChI=1S/C18H18Cl2N4O2S2/c19-15-2-1-12(5-16(15)20)8-24-3-4-26-14(9-24)7-22-17(25)11-28-18-23-13(6-21)10-27-18/h1-2,5,10,14H,3-4,7-9,11H2,(H,22,25)/t14-/m0/s1. The van der Waals surface area contributed by atoms with Gasteiger partial charge in [-0.3, -0.25) is 9.69 Å². The third kappa shape index (κ3) is 6.34. The van der Waals surface area contributed by atoms with Crippen LogP contribution in [0.5, 0.6) is 0 Å². The molecule has 6 nitrogen and oxygen atoms in total. The highest BCUT2D eigenvalue weighted by atomic mass is 35.5. The summed E-state index contributed by atoms with van der Waals surface area (Å²) in [7, 11) is 0. The minimum absolute atomic E-state index is 0.0597. The summed E-state index contributed by atoms with van der Waals surface area (Å²) >= 11 is 14.7. The zero-order chi connectivity index (χ0) is 19.9. The number of hydrogen-bond donors (Lipinski definition) is 1. The summed E-state index contributed by atoms with van der Waals surface area (Å²) in [6, 6.07) is 7.63. The minimum atomic E-state index is -0.0797. The second-order valence-electron chi connectivity index (χ2n) is 6.18. The molecule has 1 aliphatic heterocycles. The van der Waals surface area contributed by atoms with Gasteiger partial charge in [0.25, 0.3) is 0 Å². The fourth-order valence-corrected chi connectivity index (χ4v) is 4.63. The van der Waals surface area contributed by atoms with Crippen LogP contribution in [0.2, 0.25) is 10.0 Å². The van der Waals surface area contributed by atoms with Crippen molar-refractivity contribution in [2.45, 2.75) is 17.0 Å². The second kappa shape index (κ2) is 10.4. The van der Waals surface area contributed by atoms with E-state index < -0.39 is 0 Å². The number of nitrogens with one attached hydrogen (secondary N) is 1. The van der Waals surface area contributed by atoms with Gasteiger partial charge < -0.3 is 10.1 Å². The molecule has 0 spiro atoms.